The van der Waals surface area contributed by atoms with E-state index in [1.165, 1.54) is 0 Å². The van der Waals surface area contributed by atoms with Crippen molar-refractivity contribution in [1.82, 2.24) is 9.80 Å². The van der Waals surface area contributed by atoms with E-state index in [0.717, 1.165) is 71.5 Å². The maximum absolute atomic E-state index is 13.0. The Labute approximate surface area is 131 Å². The zero-order chi connectivity index (χ0) is 14.9. The lowest BCUT2D eigenvalue weighted by molar-refractivity contribution is -0.137. The molecule has 5 nitrogen and oxygen atoms in total. The van der Waals surface area contributed by atoms with Crippen molar-refractivity contribution in [2.24, 2.45) is 11.1 Å². The molecule has 2 aliphatic heterocycles. The number of rotatable bonds is 3. The van der Waals surface area contributed by atoms with Crippen LogP contribution >= 0.6 is 12.2 Å². The maximum Gasteiger partial charge on any atom is 0.235 e. The second-order valence-corrected chi connectivity index (χ2v) is 6.94. The highest BCUT2D eigenvalue weighted by molar-refractivity contribution is 7.80. The van der Waals surface area contributed by atoms with Crippen LogP contribution in [-0.2, 0) is 9.53 Å². The van der Waals surface area contributed by atoms with Crippen LogP contribution in [0.15, 0.2) is 0 Å². The second kappa shape index (κ2) is 6.18. The largest absolute Gasteiger partial charge is 0.392 e. The van der Waals surface area contributed by atoms with Crippen LogP contribution in [0.1, 0.15) is 32.1 Å². The van der Waals surface area contributed by atoms with Crippen LogP contribution in [0, 0.1) is 5.41 Å². The van der Waals surface area contributed by atoms with E-state index in [9.17, 15) is 4.79 Å². The van der Waals surface area contributed by atoms with Crippen LogP contribution in [0.4, 0.5) is 0 Å². The fourth-order valence-electron chi connectivity index (χ4n) is 4.01. The quantitative estimate of drug-likeness (QED) is 0.780. The molecule has 3 fully saturated rings. The van der Waals surface area contributed by atoms with Crippen molar-refractivity contribution in [1.29, 1.82) is 0 Å². The van der Waals surface area contributed by atoms with Crippen LogP contribution in [0.5, 0.6) is 0 Å². The molecule has 0 aromatic heterocycles. The minimum Gasteiger partial charge on any atom is -0.392 e. The number of carbonyl (C=O) groups is 1. The predicted octanol–water partition coefficient (Wildman–Crippen LogP) is 0.766. The molecule has 0 aromatic rings. The summed E-state index contributed by atoms with van der Waals surface area (Å²) < 4.78 is 5.41. The molecule has 1 atom stereocenters. The average Bonchev–Trinajstić information content (AvgIpc) is 3.18. The van der Waals surface area contributed by atoms with E-state index in [-0.39, 0.29) is 5.91 Å². The van der Waals surface area contributed by atoms with E-state index in [1.807, 2.05) is 4.90 Å². The molecule has 6 heteroatoms. The second-order valence-electron chi connectivity index (χ2n) is 6.50. The smallest absolute Gasteiger partial charge is 0.235 e. The predicted molar refractivity (Wildman–Crippen MR) is 85.1 cm³/mol. The minimum absolute atomic E-state index is 0.184. The molecular formula is C15H25N3O2S. The molecule has 1 saturated carbocycles. The van der Waals surface area contributed by atoms with E-state index in [1.54, 1.807) is 0 Å². The van der Waals surface area contributed by atoms with Gasteiger partial charge in [-0.1, -0.05) is 25.1 Å². The van der Waals surface area contributed by atoms with Gasteiger partial charge >= 0.3 is 0 Å². The third kappa shape index (κ3) is 2.81. The Morgan fingerprint density at radius 3 is 2.48 bits per heavy atom. The number of thiocarbonyl (C=S) groups is 1. The van der Waals surface area contributed by atoms with Gasteiger partial charge in [0.2, 0.25) is 5.91 Å². The number of nitrogens with two attached hydrogens (primary N) is 1. The van der Waals surface area contributed by atoms with E-state index in [2.05, 4.69) is 4.90 Å². The van der Waals surface area contributed by atoms with Crippen LogP contribution in [0.3, 0.4) is 0 Å². The number of hydrogen-bond donors (Lipinski definition) is 1. The number of morpholine rings is 1. The van der Waals surface area contributed by atoms with Crippen LogP contribution < -0.4 is 5.73 Å². The highest BCUT2D eigenvalue weighted by Gasteiger charge is 2.47. The Morgan fingerprint density at radius 2 is 1.86 bits per heavy atom. The highest BCUT2D eigenvalue weighted by atomic mass is 32.1. The Morgan fingerprint density at radius 1 is 1.19 bits per heavy atom. The number of hydrogen-bond acceptors (Lipinski definition) is 4. The van der Waals surface area contributed by atoms with Crippen molar-refractivity contribution in [3.63, 3.8) is 0 Å². The monoisotopic (exact) mass is 311 g/mol. The summed E-state index contributed by atoms with van der Waals surface area (Å²) in [5.74, 6) is 0.184. The molecule has 0 spiro atoms. The summed E-state index contributed by atoms with van der Waals surface area (Å²) in [7, 11) is 0. The summed E-state index contributed by atoms with van der Waals surface area (Å²) in [5, 5.41) is 0. The third-order valence-corrected chi connectivity index (χ3v) is 5.74. The first-order valence-electron chi connectivity index (χ1n) is 8.04. The number of amides is 1. The normalized spacial score (nSPS) is 29.7. The Balaban J connectivity index is 1.65. The van der Waals surface area contributed by atoms with E-state index in [0.29, 0.717) is 11.0 Å². The molecule has 3 rings (SSSR count). The molecule has 1 unspecified atom stereocenters. The lowest BCUT2D eigenvalue weighted by Crippen LogP contribution is -2.50. The molecule has 0 aromatic carbocycles. The molecule has 2 N–H and O–H groups in total. The SMILES string of the molecule is NC(=S)C1(C(=O)N2CCC(N3CCOCC3)C2)CCCC1. The Kier molecular flexibility index (Phi) is 4.47. The number of carbonyl (C=O) groups excluding carboxylic acids is 1. The molecule has 0 bridgehead atoms. The van der Waals surface area contributed by atoms with Gasteiger partial charge in [0.1, 0.15) is 0 Å². The molecule has 2 saturated heterocycles. The van der Waals surface area contributed by atoms with Gasteiger partial charge in [-0.3, -0.25) is 9.69 Å². The van der Waals surface area contributed by atoms with Gasteiger partial charge < -0.3 is 15.4 Å². The van der Waals surface area contributed by atoms with Gasteiger partial charge in [0, 0.05) is 32.2 Å². The fourth-order valence-corrected chi connectivity index (χ4v) is 4.31. The summed E-state index contributed by atoms with van der Waals surface area (Å²) >= 11 is 5.24. The van der Waals surface area contributed by atoms with Crippen molar-refractivity contribution in [3.8, 4) is 0 Å². The zero-order valence-corrected chi connectivity index (χ0v) is 13.4. The first-order valence-corrected chi connectivity index (χ1v) is 8.45. The first kappa shape index (κ1) is 15.2. The molecule has 1 aliphatic carbocycles. The molecule has 1 amide bonds. The molecule has 2 heterocycles. The molecule has 118 valence electrons. The van der Waals surface area contributed by atoms with Crippen molar-refractivity contribution in [2.75, 3.05) is 39.4 Å². The van der Waals surface area contributed by atoms with E-state index < -0.39 is 5.41 Å². The van der Waals surface area contributed by atoms with Gasteiger partial charge in [-0.2, -0.15) is 0 Å². The van der Waals surface area contributed by atoms with Gasteiger partial charge in [-0.25, -0.2) is 0 Å². The van der Waals surface area contributed by atoms with Crippen LogP contribution in [-0.4, -0.2) is 66.1 Å². The highest BCUT2D eigenvalue weighted by Crippen LogP contribution is 2.41. The van der Waals surface area contributed by atoms with Crippen molar-refractivity contribution in [2.45, 2.75) is 38.1 Å². The summed E-state index contributed by atoms with van der Waals surface area (Å²) in [4.78, 5) is 17.8. The average molecular weight is 311 g/mol. The molecular weight excluding hydrogens is 286 g/mol. The summed E-state index contributed by atoms with van der Waals surface area (Å²) in [6.07, 6.45) is 4.84. The van der Waals surface area contributed by atoms with E-state index >= 15 is 0 Å². The summed E-state index contributed by atoms with van der Waals surface area (Å²) in [6.45, 7) is 5.23. The van der Waals surface area contributed by atoms with Gasteiger partial charge in [-0.05, 0) is 19.3 Å². The number of likely N-dealkylation sites (tertiary alicyclic amines) is 1. The van der Waals surface area contributed by atoms with Gasteiger partial charge in [-0.15, -0.1) is 0 Å². The van der Waals surface area contributed by atoms with Crippen molar-refractivity contribution in [3.05, 3.63) is 0 Å². The third-order valence-electron chi connectivity index (χ3n) is 5.35. The molecule has 0 radical (unpaired) electrons. The summed E-state index contributed by atoms with van der Waals surface area (Å²) in [6, 6.07) is 0.475. The van der Waals surface area contributed by atoms with Crippen molar-refractivity contribution < 1.29 is 9.53 Å². The summed E-state index contributed by atoms with van der Waals surface area (Å²) in [5.41, 5.74) is 5.39. The van der Waals surface area contributed by atoms with Crippen LogP contribution in [0.25, 0.3) is 0 Å². The number of nitrogens with zero attached hydrogens (tertiary/aromatic N) is 2. The molecule has 21 heavy (non-hydrogen) atoms. The fraction of sp³-hybridized carbons (Fsp3) is 0.867. The lowest BCUT2D eigenvalue weighted by Gasteiger charge is -2.34. The van der Waals surface area contributed by atoms with Crippen LogP contribution in [0.2, 0.25) is 0 Å². The topological polar surface area (TPSA) is 58.8 Å². The zero-order valence-electron chi connectivity index (χ0n) is 12.6. The first-order chi connectivity index (χ1) is 10.1. The Hall–Kier alpha value is -0.720. The van der Waals surface area contributed by atoms with Crippen molar-refractivity contribution >= 4 is 23.1 Å². The minimum atomic E-state index is -0.546. The standard InChI is InChI=1S/C15H25N3O2S/c16-13(21)15(4-1-2-5-15)14(19)18-6-3-12(11-18)17-7-9-20-10-8-17/h12H,1-11H2,(H2,16,21). The van der Waals surface area contributed by atoms with Gasteiger partial charge in [0.05, 0.1) is 23.6 Å². The lowest BCUT2D eigenvalue weighted by atomic mass is 9.84. The van der Waals surface area contributed by atoms with E-state index in [4.69, 9.17) is 22.7 Å². The van der Waals surface area contributed by atoms with Gasteiger partial charge in [0.25, 0.3) is 0 Å². The molecule has 3 aliphatic rings. The van der Waals surface area contributed by atoms with Gasteiger partial charge in [0.15, 0.2) is 0 Å². The number of ether oxygens (including phenoxy) is 1. The Bertz CT molecular complexity index is 417. The maximum atomic E-state index is 13.0.